The van der Waals surface area contributed by atoms with Crippen LogP contribution in [0.5, 0.6) is 0 Å². The summed E-state index contributed by atoms with van der Waals surface area (Å²) >= 11 is 0. The second-order valence-electron chi connectivity index (χ2n) is 3.30. The van der Waals surface area contributed by atoms with E-state index in [-0.39, 0.29) is 0 Å². The molecule has 1 atom stereocenters. The fourth-order valence-electron chi connectivity index (χ4n) is 1.27. The highest BCUT2D eigenvalue weighted by Gasteiger charge is 2.60. The Hall–Kier alpha value is -1.63. The highest BCUT2D eigenvalue weighted by Crippen LogP contribution is 2.37. The summed E-state index contributed by atoms with van der Waals surface area (Å²) in [5.74, 6) is -2.39. The van der Waals surface area contributed by atoms with Gasteiger partial charge in [-0.1, -0.05) is 12.1 Å². The van der Waals surface area contributed by atoms with E-state index < -0.39 is 29.1 Å². The van der Waals surface area contributed by atoms with Gasteiger partial charge in [-0.2, -0.15) is 13.2 Å². The van der Waals surface area contributed by atoms with Crippen molar-refractivity contribution in [2.45, 2.75) is 11.7 Å². The van der Waals surface area contributed by atoms with E-state index in [1.165, 1.54) is 0 Å². The van der Waals surface area contributed by atoms with E-state index in [9.17, 15) is 22.4 Å². The maximum Gasteiger partial charge on any atom is 0.421 e. The fourth-order valence-corrected chi connectivity index (χ4v) is 1.27. The first kappa shape index (κ1) is 13.4. The van der Waals surface area contributed by atoms with Crippen molar-refractivity contribution in [3.05, 3.63) is 35.6 Å². The quantitative estimate of drug-likeness (QED) is 0.643. The molecule has 0 radical (unpaired) electrons. The van der Waals surface area contributed by atoms with Crippen molar-refractivity contribution >= 4 is 5.97 Å². The minimum Gasteiger partial charge on any atom is -0.467 e. The van der Waals surface area contributed by atoms with Crippen molar-refractivity contribution in [3.8, 4) is 0 Å². The van der Waals surface area contributed by atoms with Crippen molar-refractivity contribution in [1.82, 2.24) is 0 Å². The Labute approximate surface area is 94.2 Å². The number of esters is 1. The molecule has 0 amide bonds. The van der Waals surface area contributed by atoms with Gasteiger partial charge in [0.15, 0.2) is 0 Å². The van der Waals surface area contributed by atoms with Crippen molar-refractivity contribution < 1.29 is 27.1 Å². The topological polar surface area (TPSA) is 52.3 Å². The van der Waals surface area contributed by atoms with Gasteiger partial charge < -0.3 is 10.5 Å². The molecule has 0 bridgehead atoms. The Morgan fingerprint density at radius 3 is 2.06 bits per heavy atom. The van der Waals surface area contributed by atoms with Crippen molar-refractivity contribution in [2.24, 2.45) is 5.73 Å². The molecule has 1 unspecified atom stereocenters. The minimum atomic E-state index is -5.04. The van der Waals surface area contributed by atoms with E-state index in [1.807, 2.05) is 0 Å². The van der Waals surface area contributed by atoms with Crippen LogP contribution in [0.4, 0.5) is 17.6 Å². The second kappa shape index (κ2) is 4.33. The fraction of sp³-hybridized carbons (Fsp3) is 0.300. The van der Waals surface area contributed by atoms with Crippen LogP contribution in [0.15, 0.2) is 24.3 Å². The Kier molecular flexibility index (Phi) is 3.42. The van der Waals surface area contributed by atoms with Gasteiger partial charge in [0, 0.05) is 0 Å². The highest BCUT2D eigenvalue weighted by atomic mass is 19.4. The number of carbonyl (C=O) groups is 1. The lowest BCUT2D eigenvalue weighted by Gasteiger charge is -2.29. The lowest BCUT2D eigenvalue weighted by atomic mass is 9.90. The molecule has 3 nitrogen and oxygen atoms in total. The summed E-state index contributed by atoms with van der Waals surface area (Å²) in [6, 6.07) is 3.15. The van der Waals surface area contributed by atoms with E-state index in [0.29, 0.717) is 0 Å². The zero-order valence-electron chi connectivity index (χ0n) is 8.72. The van der Waals surface area contributed by atoms with Gasteiger partial charge in [-0.15, -0.1) is 0 Å². The van der Waals surface area contributed by atoms with Crippen LogP contribution in [0.1, 0.15) is 5.56 Å². The lowest BCUT2D eigenvalue weighted by Crippen LogP contribution is -2.57. The number of rotatable bonds is 2. The summed E-state index contributed by atoms with van der Waals surface area (Å²) in [6.07, 6.45) is -5.04. The molecule has 0 aliphatic carbocycles. The average Bonchev–Trinajstić information content (AvgIpc) is 2.26. The molecule has 0 fully saturated rings. The predicted molar refractivity (Wildman–Crippen MR) is 50.3 cm³/mol. The van der Waals surface area contributed by atoms with Gasteiger partial charge in [0.25, 0.3) is 0 Å². The third kappa shape index (κ3) is 2.23. The van der Waals surface area contributed by atoms with E-state index in [1.54, 1.807) is 0 Å². The molecule has 0 aliphatic heterocycles. The average molecular weight is 251 g/mol. The molecule has 0 aromatic heterocycles. The van der Waals surface area contributed by atoms with Crippen LogP contribution in [0.2, 0.25) is 0 Å². The van der Waals surface area contributed by atoms with Gasteiger partial charge >= 0.3 is 12.1 Å². The van der Waals surface area contributed by atoms with Gasteiger partial charge in [0.1, 0.15) is 5.82 Å². The van der Waals surface area contributed by atoms with Crippen LogP contribution in [0, 0.1) is 5.82 Å². The second-order valence-corrected chi connectivity index (χ2v) is 3.30. The predicted octanol–water partition coefficient (Wildman–Crippen LogP) is 1.71. The monoisotopic (exact) mass is 251 g/mol. The van der Waals surface area contributed by atoms with Crippen molar-refractivity contribution in [2.75, 3.05) is 7.11 Å². The van der Waals surface area contributed by atoms with Crippen molar-refractivity contribution in [1.29, 1.82) is 0 Å². The Morgan fingerprint density at radius 1 is 1.24 bits per heavy atom. The van der Waals surface area contributed by atoms with Gasteiger partial charge in [0.2, 0.25) is 5.54 Å². The standard InChI is InChI=1S/C10H9F4NO2/c1-17-8(16)9(15,10(12,13)14)6-2-4-7(11)5-3-6/h2-5H,15H2,1H3. The third-order valence-corrected chi connectivity index (χ3v) is 2.25. The molecule has 0 saturated heterocycles. The zero-order chi connectivity index (χ0) is 13.3. The molecule has 0 saturated carbocycles. The molecule has 1 rings (SSSR count). The number of methoxy groups -OCH3 is 1. The highest BCUT2D eigenvalue weighted by molar-refractivity contribution is 5.83. The number of halogens is 4. The Morgan fingerprint density at radius 2 is 1.71 bits per heavy atom. The van der Waals surface area contributed by atoms with Gasteiger partial charge in [-0.05, 0) is 17.7 Å². The smallest absolute Gasteiger partial charge is 0.421 e. The van der Waals surface area contributed by atoms with Crippen LogP contribution in [0.25, 0.3) is 0 Å². The summed E-state index contributed by atoms with van der Waals surface area (Å²) < 4.78 is 55.1. The van der Waals surface area contributed by atoms with Gasteiger partial charge in [-0.3, -0.25) is 0 Å². The van der Waals surface area contributed by atoms with E-state index >= 15 is 0 Å². The molecular formula is C10H9F4NO2. The van der Waals surface area contributed by atoms with Crippen LogP contribution >= 0.6 is 0 Å². The minimum absolute atomic E-state index is 0.585. The molecule has 7 heteroatoms. The number of hydrogen-bond acceptors (Lipinski definition) is 3. The molecule has 1 aromatic rings. The van der Waals surface area contributed by atoms with Crippen LogP contribution in [0.3, 0.4) is 0 Å². The Balaban J connectivity index is 3.34. The van der Waals surface area contributed by atoms with Gasteiger partial charge in [0.05, 0.1) is 7.11 Å². The number of benzene rings is 1. The maximum absolute atomic E-state index is 12.8. The molecule has 0 aliphatic rings. The van der Waals surface area contributed by atoms with E-state index in [2.05, 4.69) is 4.74 Å². The summed E-state index contributed by atoms with van der Waals surface area (Å²) in [5.41, 5.74) is 1.20. The largest absolute Gasteiger partial charge is 0.467 e. The molecular weight excluding hydrogens is 242 g/mol. The first-order chi connectivity index (χ1) is 7.73. The first-order valence-corrected chi connectivity index (χ1v) is 4.43. The number of hydrogen-bond donors (Lipinski definition) is 1. The van der Waals surface area contributed by atoms with Crippen LogP contribution in [-0.4, -0.2) is 19.3 Å². The SMILES string of the molecule is COC(=O)C(N)(c1ccc(F)cc1)C(F)(F)F. The molecule has 2 N–H and O–H groups in total. The summed E-state index contributed by atoms with van der Waals surface area (Å²) in [7, 11) is 0.791. The molecule has 1 aromatic carbocycles. The van der Waals surface area contributed by atoms with E-state index in [0.717, 1.165) is 31.4 Å². The number of ether oxygens (including phenoxy) is 1. The lowest BCUT2D eigenvalue weighted by molar-refractivity contribution is -0.206. The molecule has 0 spiro atoms. The molecule has 17 heavy (non-hydrogen) atoms. The first-order valence-electron chi connectivity index (χ1n) is 4.43. The number of carbonyl (C=O) groups excluding carboxylic acids is 1. The normalized spacial score (nSPS) is 15.2. The molecule has 94 valence electrons. The van der Waals surface area contributed by atoms with E-state index in [4.69, 9.17) is 5.73 Å². The Bertz CT molecular complexity index is 415. The summed E-state index contributed by atoms with van der Waals surface area (Å²) in [6.45, 7) is 0. The maximum atomic E-state index is 12.8. The number of nitrogens with two attached hydrogens (primary N) is 1. The zero-order valence-corrected chi connectivity index (χ0v) is 8.72. The van der Waals surface area contributed by atoms with Crippen LogP contribution in [-0.2, 0) is 15.1 Å². The molecule has 0 heterocycles. The third-order valence-electron chi connectivity index (χ3n) is 2.25. The van der Waals surface area contributed by atoms with Gasteiger partial charge in [-0.25, -0.2) is 9.18 Å². The number of alkyl halides is 3. The summed E-state index contributed by atoms with van der Waals surface area (Å²) in [5, 5.41) is 0. The van der Waals surface area contributed by atoms with Crippen molar-refractivity contribution in [3.63, 3.8) is 0 Å². The van der Waals surface area contributed by atoms with Crippen LogP contribution < -0.4 is 5.73 Å². The summed E-state index contributed by atoms with van der Waals surface area (Å²) in [4.78, 5) is 11.2.